The van der Waals surface area contributed by atoms with Crippen LogP contribution < -0.4 is 54.4 Å². The summed E-state index contributed by atoms with van der Waals surface area (Å²) in [4.78, 5) is 0. The van der Waals surface area contributed by atoms with Crippen molar-refractivity contribution in [3.8, 4) is 0 Å². The number of likely N-dealkylation sites (N-methyl/N-ethyl adjacent to an activating group) is 1. The van der Waals surface area contributed by atoms with Crippen LogP contribution >= 0.6 is 0 Å². The topological polar surface area (TPSA) is 0 Å². The van der Waals surface area contributed by atoms with Crippen molar-refractivity contribution < 1.29 is 58.9 Å². The van der Waals surface area contributed by atoms with Crippen LogP contribution in [0.15, 0.2) is 25.3 Å². The van der Waals surface area contributed by atoms with Crippen molar-refractivity contribution in [1.29, 1.82) is 0 Å². The number of nitrogens with zero attached hydrogens (tertiary/aromatic N) is 1. The van der Waals surface area contributed by atoms with Gasteiger partial charge in [0, 0.05) is 0 Å². The SMILES string of the molecule is C=CC[N+](C)(C)CC=C.[Cl-].[Cl-].[Na+]. The molecular formula is C8H16Cl2NNa. The Kier molecular flexibility index (Phi) is 23.2. The van der Waals surface area contributed by atoms with Crippen LogP contribution in [0.5, 0.6) is 0 Å². The summed E-state index contributed by atoms with van der Waals surface area (Å²) in [6.45, 7) is 9.37. The van der Waals surface area contributed by atoms with E-state index in [2.05, 4.69) is 27.3 Å². The van der Waals surface area contributed by atoms with E-state index in [4.69, 9.17) is 0 Å². The van der Waals surface area contributed by atoms with Crippen molar-refractivity contribution in [1.82, 2.24) is 0 Å². The second-order valence-corrected chi connectivity index (χ2v) is 2.88. The van der Waals surface area contributed by atoms with Gasteiger partial charge in [-0.3, -0.25) is 0 Å². The molecule has 0 aromatic carbocycles. The van der Waals surface area contributed by atoms with E-state index in [0.29, 0.717) is 0 Å². The molecular weight excluding hydrogens is 204 g/mol. The van der Waals surface area contributed by atoms with Gasteiger partial charge in [0.25, 0.3) is 0 Å². The summed E-state index contributed by atoms with van der Waals surface area (Å²) in [5, 5.41) is 0. The van der Waals surface area contributed by atoms with E-state index in [1.165, 1.54) is 0 Å². The quantitative estimate of drug-likeness (QED) is 0.251. The Bertz CT molecular complexity index is 104. The van der Waals surface area contributed by atoms with Crippen LogP contribution in [0.3, 0.4) is 0 Å². The minimum absolute atomic E-state index is 0. The summed E-state index contributed by atoms with van der Waals surface area (Å²) in [6.07, 6.45) is 3.87. The number of hydrogen-bond acceptors (Lipinski definition) is 0. The molecule has 0 amide bonds. The molecule has 0 aromatic rings. The van der Waals surface area contributed by atoms with E-state index in [9.17, 15) is 0 Å². The maximum absolute atomic E-state index is 3.68. The molecule has 68 valence electrons. The third-order valence-electron chi connectivity index (χ3n) is 1.25. The van der Waals surface area contributed by atoms with Crippen LogP contribution in [-0.2, 0) is 0 Å². The Morgan fingerprint density at radius 2 is 1.25 bits per heavy atom. The van der Waals surface area contributed by atoms with Gasteiger partial charge in [-0.1, -0.05) is 13.2 Å². The predicted octanol–water partition coefficient (Wildman–Crippen LogP) is -7.55. The molecule has 0 heterocycles. The molecule has 0 fully saturated rings. The molecule has 0 aromatic heterocycles. The molecule has 0 atom stereocenters. The Labute approximate surface area is 111 Å². The van der Waals surface area contributed by atoms with Gasteiger partial charge >= 0.3 is 29.6 Å². The number of hydrogen-bond donors (Lipinski definition) is 0. The maximum atomic E-state index is 3.68. The van der Waals surface area contributed by atoms with Gasteiger partial charge < -0.3 is 29.3 Å². The van der Waals surface area contributed by atoms with Crippen LogP contribution in [-0.4, -0.2) is 31.7 Å². The van der Waals surface area contributed by atoms with E-state index in [0.717, 1.165) is 17.6 Å². The first-order valence-corrected chi connectivity index (χ1v) is 3.16. The summed E-state index contributed by atoms with van der Waals surface area (Å²) in [5.74, 6) is 0. The van der Waals surface area contributed by atoms with Crippen LogP contribution in [0.4, 0.5) is 0 Å². The minimum Gasteiger partial charge on any atom is -1.00 e. The Morgan fingerprint density at radius 3 is 1.42 bits per heavy atom. The molecule has 0 aliphatic heterocycles. The fourth-order valence-electron chi connectivity index (χ4n) is 0.774. The second-order valence-electron chi connectivity index (χ2n) is 2.88. The molecule has 0 bridgehead atoms. The van der Waals surface area contributed by atoms with Gasteiger partial charge in [-0.15, -0.1) is 0 Å². The number of halogens is 2. The number of quaternary nitrogens is 1. The number of rotatable bonds is 4. The van der Waals surface area contributed by atoms with Crippen molar-refractivity contribution in [2.75, 3.05) is 27.2 Å². The molecule has 0 aliphatic rings. The third kappa shape index (κ3) is 13.6. The molecule has 0 unspecified atom stereocenters. The monoisotopic (exact) mass is 219 g/mol. The summed E-state index contributed by atoms with van der Waals surface area (Å²) < 4.78 is 0.951. The van der Waals surface area contributed by atoms with Crippen molar-refractivity contribution in [2.24, 2.45) is 0 Å². The molecule has 0 radical (unpaired) electrons. The van der Waals surface area contributed by atoms with Gasteiger partial charge in [0.05, 0.1) is 27.2 Å². The summed E-state index contributed by atoms with van der Waals surface area (Å²) in [5.41, 5.74) is 0. The molecule has 0 aliphatic carbocycles. The maximum Gasteiger partial charge on any atom is 1.00 e. The Morgan fingerprint density at radius 1 is 1.00 bits per heavy atom. The first-order chi connectivity index (χ1) is 4.12. The average molecular weight is 220 g/mol. The van der Waals surface area contributed by atoms with Gasteiger partial charge in [-0.2, -0.15) is 0 Å². The van der Waals surface area contributed by atoms with Gasteiger partial charge in [-0.05, 0) is 12.2 Å². The smallest absolute Gasteiger partial charge is 1.00 e. The molecule has 1 nitrogen and oxygen atoms in total. The van der Waals surface area contributed by atoms with E-state index in [1.54, 1.807) is 0 Å². The van der Waals surface area contributed by atoms with Gasteiger partial charge in [0.2, 0.25) is 0 Å². The third-order valence-corrected chi connectivity index (χ3v) is 1.25. The fourth-order valence-corrected chi connectivity index (χ4v) is 0.774. The van der Waals surface area contributed by atoms with E-state index >= 15 is 0 Å². The molecule has 12 heavy (non-hydrogen) atoms. The molecule has 0 saturated heterocycles. The average Bonchev–Trinajstić information content (AvgIpc) is 1.64. The zero-order chi connectivity index (χ0) is 7.33. The van der Waals surface area contributed by atoms with Crippen LogP contribution in [0.1, 0.15) is 0 Å². The summed E-state index contributed by atoms with van der Waals surface area (Å²) in [6, 6.07) is 0. The molecule has 0 rings (SSSR count). The molecule has 4 heteroatoms. The normalized spacial score (nSPS) is 8.17. The first-order valence-electron chi connectivity index (χ1n) is 3.16. The van der Waals surface area contributed by atoms with Crippen LogP contribution in [0.2, 0.25) is 0 Å². The first kappa shape index (κ1) is 23.1. The minimum atomic E-state index is 0. The fraction of sp³-hybridized carbons (Fsp3) is 0.500. The predicted molar refractivity (Wildman–Crippen MR) is 42.2 cm³/mol. The van der Waals surface area contributed by atoms with Gasteiger partial charge in [-0.25, -0.2) is 0 Å². The summed E-state index contributed by atoms with van der Waals surface area (Å²) >= 11 is 0. The molecule has 0 N–H and O–H groups in total. The van der Waals surface area contributed by atoms with Crippen LogP contribution in [0, 0.1) is 0 Å². The second kappa shape index (κ2) is 12.0. The summed E-state index contributed by atoms with van der Waals surface area (Å²) in [7, 11) is 4.31. The van der Waals surface area contributed by atoms with Gasteiger partial charge in [0.1, 0.15) is 0 Å². The zero-order valence-electron chi connectivity index (χ0n) is 8.19. The Hall–Kier alpha value is 1.02. The van der Waals surface area contributed by atoms with E-state index in [1.807, 2.05) is 12.2 Å². The zero-order valence-corrected chi connectivity index (χ0v) is 11.7. The Balaban J connectivity index is -0.000000107. The standard InChI is InChI=1S/C8H16N.2ClH.Na/c1-5-7-9(3,4)8-6-2;;;/h5-6H,1-2,7-8H2,3-4H3;2*1H;/q+1;;;+1/p-2. The van der Waals surface area contributed by atoms with Crippen molar-refractivity contribution in [3.05, 3.63) is 25.3 Å². The van der Waals surface area contributed by atoms with Gasteiger partial charge in [0.15, 0.2) is 0 Å². The largest absolute Gasteiger partial charge is 1.00 e. The van der Waals surface area contributed by atoms with E-state index < -0.39 is 0 Å². The van der Waals surface area contributed by atoms with Crippen LogP contribution in [0.25, 0.3) is 0 Å². The molecule has 0 saturated carbocycles. The molecule has 0 spiro atoms. The van der Waals surface area contributed by atoms with Crippen molar-refractivity contribution in [3.63, 3.8) is 0 Å². The van der Waals surface area contributed by atoms with Crippen molar-refractivity contribution in [2.45, 2.75) is 0 Å². The van der Waals surface area contributed by atoms with Crippen molar-refractivity contribution >= 4 is 0 Å². The van der Waals surface area contributed by atoms with E-state index in [-0.39, 0.29) is 54.4 Å².